The third-order valence-electron chi connectivity index (χ3n) is 4.67. The number of nitrogens with zero attached hydrogens (tertiary/aromatic N) is 2. The van der Waals surface area contributed by atoms with Crippen LogP contribution in [0.3, 0.4) is 0 Å². The van der Waals surface area contributed by atoms with E-state index in [1.54, 1.807) is 0 Å². The number of alkyl halides is 3. The van der Waals surface area contributed by atoms with Crippen LogP contribution in [0.25, 0.3) is 22.2 Å². The topological polar surface area (TPSA) is 69.2 Å². The summed E-state index contributed by atoms with van der Waals surface area (Å²) >= 11 is 5.98. The van der Waals surface area contributed by atoms with Crippen LogP contribution in [0.15, 0.2) is 65.8 Å². The molecule has 0 fully saturated rings. The van der Waals surface area contributed by atoms with Gasteiger partial charge in [-0.15, -0.1) is 0 Å². The van der Waals surface area contributed by atoms with Gasteiger partial charge in [-0.1, -0.05) is 23.7 Å². The number of ether oxygens (including phenoxy) is 1. The average Bonchev–Trinajstić information content (AvgIpc) is 2.72. The van der Waals surface area contributed by atoms with Crippen molar-refractivity contribution in [3.05, 3.63) is 77.3 Å². The zero-order valence-corrected chi connectivity index (χ0v) is 18.3. The van der Waals surface area contributed by atoms with E-state index < -0.39 is 27.4 Å². The quantitative estimate of drug-likeness (QED) is 0.310. The number of hydrogen-bond acceptors (Lipinski definition) is 5. The van der Waals surface area contributed by atoms with Crippen molar-refractivity contribution < 1.29 is 30.7 Å². The van der Waals surface area contributed by atoms with Crippen molar-refractivity contribution in [1.82, 2.24) is 9.97 Å². The van der Waals surface area contributed by atoms with Crippen molar-refractivity contribution in [2.24, 2.45) is 0 Å². The Bertz CT molecular complexity index is 1490. The van der Waals surface area contributed by atoms with E-state index >= 15 is 0 Å². The van der Waals surface area contributed by atoms with Gasteiger partial charge in [-0.25, -0.2) is 22.8 Å². The number of aromatic nitrogens is 2. The van der Waals surface area contributed by atoms with Gasteiger partial charge in [-0.3, -0.25) is 0 Å². The van der Waals surface area contributed by atoms with E-state index in [0.717, 1.165) is 24.7 Å². The molecule has 0 N–H and O–H groups in total. The third-order valence-corrected chi connectivity index (χ3v) is 5.98. The Morgan fingerprint density at radius 3 is 2.42 bits per heavy atom. The molecule has 0 amide bonds. The molecule has 0 unspecified atom stereocenters. The molecule has 4 aromatic rings. The van der Waals surface area contributed by atoms with Crippen molar-refractivity contribution in [2.75, 3.05) is 6.26 Å². The van der Waals surface area contributed by atoms with Gasteiger partial charge in [0.05, 0.1) is 21.7 Å². The van der Waals surface area contributed by atoms with Crippen LogP contribution in [-0.2, 0) is 16.0 Å². The zero-order valence-electron chi connectivity index (χ0n) is 16.7. The Morgan fingerprint density at radius 1 is 0.970 bits per heavy atom. The highest BCUT2D eigenvalue weighted by atomic mass is 35.5. The standard InChI is InChI=1S/C22H13ClF4N2O3S/c1-33(30,31)15-8-12(23)7-14(9-15)32-13-5-6-19(24)17(10-13)20-16-3-2-4-18(22(25,26)27)21(16)29-11-28-20/h2-11H,1H3. The van der Waals surface area contributed by atoms with Gasteiger partial charge < -0.3 is 4.74 Å². The van der Waals surface area contributed by atoms with Crippen molar-refractivity contribution in [1.29, 1.82) is 0 Å². The average molecular weight is 497 g/mol. The molecule has 33 heavy (non-hydrogen) atoms. The molecule has 1 heterocycles. The van der Waals surface area contributed by atoms with Gasteiger partial charge in [-0.2, -0.15) is 13.2 Å². The van der Waals surface area contributed by atoms with Crippen molar-refractivity contribution in [2.45, 2.75) is 11.1 Å². The van der Waals surface area contributed by atoms with Crippen molar-refractivity contribution in [3.63, 3.8) is 0 Å². The summed E-state index contributed by atoms with van der Waals surface area (Å²) in [6, 6.07) is 10.9. The molecule has 170 valence electrons. The molecule has 0 atom stereocenters. The Balaban J connectivity index is 1.82. The summed E-state index contributed by atoms with van der Waals surface area (Å²) in [5.74, 6) is -0.582. The summed E-state index contributed by atoms with van der Waals surface area (Å²) in [5, 5.41) is 0.113. The van der Waals surface area contributed by atoms with Crippen LogP contribution < -0.4 is 4.74 Å². The van der Waals surface area contributed by atoms with Gasteiger partial charge in [0.25, 0.3) is 0 Å². The minimum atomic E-state index is -4.65. The fourth-order valence-corrected chi connectivity index (χ4v) is 4.19. The number of halogens is 5. The highest BCUT2D eigenvalue weighted by Gasteiger charge is 2.33. The van der Waals surface area contributed by atoms with E-state index in [-0.39, 0.29) is 43.6 Å². The minimum absolute atomic E-state index is 0.00509. The first-order valence-electron chi connectivity index (χ1n) is 9.23. The third kappa shape index (κ3) is 4.76. The maximum atomic E-state index is 14.7. The molecule has 0 aliphatic heterocycles. The van der Waals surface area contributed by atoms with Crippen LogP contribution in [0.4, 0.5) is 17.6 Å². The van der Waals surface area contributed by atoms with Crippen LogP contribution >= 0.6 is 11.6 Å². The molecular formula is C22H13ClF4N2O3S. The first kappa shape index (κ1) is 22.9. The lowest BCUT2D eigenvalue weighted by molar-refractivity contribution is -0.136. The SMILES string of the molecule is CS(=O)(=O)c1cc(Cl)cc(Oc2ccc(F)c(-c3ncnc4c(C(F)(F)F)cccc34)c2)c1. The van der Waals surface area contributed by atoms with E-state index in [9.17, 15) is 26.0 Å². The van der Waals surface area contributed by atoms with Gasteiger partial charge >= 0.3 is 6.18 Å². The van der Waals surface area contributed by atoms with Crippen LogP contribution in [0.2, 0.25) is 5.02 Å². The molecule has 0 radical (unpaired) electrons. The lowest BCUT2D eigenvalue weighted by Crippen LogP contribution is -2.07. The molecule has 0 aliphatic carbocycles. The summed E-state index contributed by atoms with van der Waals surface area (Å²) in [7, 11) is -3.57. The van der Waals surface area contributed by atoms with Crippen LogP contribution in [0.1, 0.15) is 5.56 Å². The molecule has 0 aliphatic rings. The smallest absolute Gasteiger partial charge is 0.418 e. The summed E-state index contributed by atoms with van der Waals surface area (Å²) in [5.41, 5.74) is -1.52. The Kier molecular flexibility index (Phi) is 5.75. The summed E-state index contributed by atoms with van der Waals surface area (Å²) < 4.78 is 84.2. The number of para-hydroxylation sites is 1. The molecule has 0 spiro atoms. The lowest BCUT2D eigenvalue weighted by atomic mass is 10.0. The Hall–Kier alpha value is -3.24. The van der Waals surface area contributed by atoms with Gasteiger partial charge in [0.1, 0.15) is 23.6 Å². The molecule has 1 aromatic heterocycles. The van der Waals surface area contributed by atoms with E-state index in [2.05, 4.69) is 9.97 Å². The number of fused-ring (bicyclic) bond motifs is 1. The monoisotopic (exact) mass is 496 g/mol. The highest BCUT2D eigenvalue weighted by molar-refractivity contribution is 7.90. The normalized spacial score (nSPS) is 12.2. The Labute approximate surface area is 190 Å². The van der Waals surface area contributed by atoms with Crippen molar-refractivity contribution in [3.8, 4) is 22.8 Å². The summed E-state index contributed by atoms with van der Waals surface area (Å²) in [4.78, 5) is 7.66. The minimum Gasteiger partial charge on any atom is -0.457 e. The maximum Gasteiger partial charge on any atom is 0.418 e. The van der Waals surface area contributed by atoms with E-state index in [4.69, 9.17) is 16.3 Å². The second kappa shape index (κ2) is 8.27. The first-order chi connectivity index (χ1) is 15.4. The summed E-state index contributed by atoms with van der Waals surface area (Å²) in [6.45, 7) is 0. The number of hydrogen-bond donors (Lipinski definition) is 0. The van der Waals surface area contributed by atoms with E-state index in [1.807, 2.05) is 0 Å². The maximum absolute atomic E-state index is 14.7. The second-order valence-corrected chi connectivity index (χ2v) is 9.51. The van der Waals surface area contributed by atoms with Crippen LogP contribution in [0.5, 0.6) is 11.5 Å². The molecular weight excluding hydrogens is 484 g/mol. The fraction of sp³-hybridized carbons (Fsp3) is 0.0909. The number of benzene rings is 3. The van der Waals surface area contributed by atoms with E-state index in [0.29, 0.717) is 0 Å². The van der Waals surface area contributed by atoms with E-state index in [1.165, 1.54) is 42.5 Å². The van der Waals surface area contributed by atoms with Gasteiger partial charge in [-0.05, 0) is 42.5 Å². The van der Waals surface area contributed by atoms with Crippen LogP contribution in [0, 0.1) is 5.82 Å². The van der Waals surface area contributed by atoms with Gasteiger partial charge in [0, 0.05) is 22.2 Å². The predicted octanol–water partition coefficient (Wildman–Crippen LogP) is 6.30. The Morgan fingerprint density at radius 2 is 1.73 bits per heavy atom. The predicted molar refractivity (Wildman–Crippen MR) is 115 cm³/mol. The molecule has 0 saturated carbocycles. The zero-order chi connectivity index (χ0) is 24.0. The largest absolute Gasteiger partial charge is 0.457 e. The molecule has 11 heteroatoms. The fourth-order valence-electron chi connectivity index (χ4n) is 3.23. The van der Waals surface area contributed by atoms with Gasteiger partial charge in [0.15, 0.2) is 9.84 Å². The molecule has 0 bridgehead atoms. The highest BCUT2D eigenvalue weighted by Crippen LogP contribution is 2.38. The number of sulfone groups is 1. The molecule has 3 aromatic carbocycles. The second-order valence-electron chi connectivity index (χ2n) is 7.06. The van der Waals surface area contributed by atoms with Crippen LogP contribution in [-0.4, -0.2) is 24.6 Å². The lowest BCUT2D eigenvalue weighted by Gasteiger charge is -2.13. The first-order valence-corrected chi connectivity index (χ1v) is 11.5. The van der Waals surface area contributed by atoms with Gasteiger partial charge in [0.2, 0.25) is 0 Å². The molecule has 0 saturated heterocycles. The van der Waals surface area contributed by atoms with Crippen molar-refractivity contribution >= 4 is 32.3 Å². The molecule has 5 nitrogen and oxygen atoms in total. The summed E-state index contributed by atoms with van der Waals surface area (Å²) in [6.07, 6.45) is -2.72. The molecule has 4 rings (SSSR count). The number of rotatable bonds is 4.